The molecule has 1 unspecified atom stereocenters. The molecule has 0 aromatic rings. The fourth-order valence-electron chi connectivity index (χ4n) is 2.01. The van der Waals surface area contributed by atoms with Crippen molar-refractivity contribution in [2.75, 3.05) is 5.88 Å². The van der Waals surface area contributed by atoms with Crippen LogP contribution in [0.1, 0.15) is 45.4 Å². The fourth-order valence-corrected chi connectivity index (χ4v) is 2.26. The standard InChI is InChI=1S/C10H19Cl/c1-9(8-11)10-6-4-2-3-5-7-10/h9-10H,2-8H2,1H3. The highest BCUT2D eigenvalue weighted by molar-refractivity contribution is 6.18. The molecule has 0 aliphatic heterocycles. The smallest absolute Gasteiger partial charge is 0.0251 e. The molecule has 11 heavy (non-hydrogen) atoms. The second-order valence-corrected chi connectivity index (χ2v) is 4.19. The molecule has 0 aromatic carbocycles. The average Bonchev–Trinajstić information content (AvgIpc) is 2.30. The molecular formula is C10H19Cl. The molecule has 0 spiro atoms. The molecule has 0 bridgehead atoms. The average molecular weight is 175 g/mol. The molecule has 0 nitrogen and oxygen atoms in total. The van der Waals surface area contributed by atoms with E-state index in [1.807, 2.05) is 0 Å². The SMILES string of the molecule is CC(CCl)C1CCCCCC1. The monoisotopic (exact) mass is 174 g/mol. The van der Waals surface area contributed by atoms with Crippen LogP contribution in [0.4, 0.5) is 0 Å². The van der Waals surface area contributed by atoms with Crippen molar-refractivity contribution in [1.82, 2.24) is 0 Å². The van der Waals surface area contributed by atoms with E-state index in [0.29, 0.717) is 0 Å². The quantitative estimate of drug-likeness (QED) is 0.441. The first-order valence-electron chi connectivity index (χ1n) is 4.90. The second kappa shape index (κ2) is 5.03. The van der Waals surface area contributed by atoms with Gasteiger partial charge in [0.2, 0.25) is 0 Å². The number of hydrogen-bond acceptors (Lipinski definition) is 0. The Labute approximate surface area is 75.3 Å². The van der Waals surface area contributed by atoms with E-state index in [2.05, 4.69) is 6.92 Å². The fraction of sp³-hybridized carbons (Fsp3) is 1.00. The summed E-state index contributed by atoms with van der Waals surface area (Å²) in [7, 11) is 0. The van der Waals surface area contributed by atoms with Crippen LogP contribution in [0, 0.1) is 11.8 Å². The van der Waals surface area contributed by atoms with Gasteiger partial charge in [0.15, 0.2) is 0 Å². The van der Waals surface area contributed by atoms with Crippen molar-refractivity contribution in [3.05, 3.63) is 0 Å². The van der Waals surface area contributed by atoms with Gasteiger partial charge < -0.3 is 0 Å². The van der Waals surface area contributed by atoms with Gasteiger partial charge >= 0.3 is 0 Å². The maximum absolute atomic E-state index is 5.84. The van der Waals surface area contributed by atoms with E-state index in [-0.39, 0.29) is 0 Å². The Hall–Kier alpha value is 0.290. The molecule has 1 rings (SSSR count). The molecule has 0 saturated heterocycles. The molecule has 1 heteroatoms. The van der Waals surface area contributed by atoms with Crippen LogP contribution in [0.15, 0.2) is 0 Å². The normalized spacial score (nSPS) is 24.5. The van der Waals surface area contributed by atoms with Crippen LogP contribution in [-0.4, -0.2) is 5.88 Å². The van der Waals surface area contributed by atoms with Gasteiger partial charge in [0, 0.05) is 5.88 Å². The van der Waals surface area contributed by atoms with Crippen molar-refractivity contribution >= 4 is 11.6 Å². The molecule has 66 valence electrons. The predicted octanol–water partition coefficient (Wildman–Crippen LogP) is 3.83. The lowest BCUT2D eigenvalue weighted by Gasteiger charge is -2.19. The van der Waals surface area contributed by atoms with Crippen molar-refractivity contribution in [2.24, 2.45) is 11.8 Å². The first-order valence-corrected chi connectivity index (χ1v) is 5.44. The first kappa shape index (κ1) is 9.38. The zero-order valence-corrected chi connectivity index (χ0v) is 8.24. The molecule has 1 saturated carbocycles. The molecule has 1 atom stereocenters. The Kier molecular flexibility index (Phi) is 4.29. The van der Waals surface area contributed by atoms with Gasteiger partial charge in [-0.2, -0.15) is 0 Å². The minimum absolute atomic E-state index is 0.745. The van der Waals surface area contributed by atoms with Gasteiger partial charge in [-0.05, 0) is 11.8 Å². The van der Waals surface area contributed by atoms with Crippen LogP contribution < -0.4 is 0 Å². The van der Waals surface area contributed by atoms with Crippen molar-refractivity contribution in [2.45, 2.75) is 45.4 Å². The van der Waals surface area contributed by atoms with Crippen molar-refractivity contribution in [1.29, 1.82) is 0 Å². The zero-order valence-electron chi connectivity index (χ0n) is 7.48. The maximum Gasteiger partial charge on any atom is 0.0251 e. The van der Waals surface area contributed by atoms with Crippen LogP contribution >= 0.6 is 11.6 Å². The third-order valence-corrected chi connectivity index (χ3v) is 3.43. The lowest BCUT2D eigenvalue weighted by Crippen LogP contribution is -2.11. The highest BCUT2D eigenvalue weighted by Gasteiger charge is 2.17. The summed E-state index contributed by atoms with van der Waals surface area (Å²) in [6, 6.07) is 0. The number of alkyl halides is 1. The molecule has 1 aliphatic carbocycles. The molecule has 0 amide bonds. The number of halogens is 1. The van der Waals surface area contributed by atoms with E-state index in [9.17, 15) is 0 Å². The van der Waals surface area contributed by atoms with E-state index in [1.54, 1.807) is 0 Å². The summed E-state index contributed by atoms with van der Waals surface area (Å²) in [5.74, 6) is 2.52. The van der Waals surface area contributed by atoms with Gasteiger partial charge in [-0.25, -0.2) is 0 Å². The summed E-state index contributed by atoms with van der Waals surface area (Å²) in [5.41, 5.74) is 0. The zero-order chi connectivity index (χ0) is 8.10. The Balaban J connectivity index is 2.30. The largest absolute Gasteiger partial charge is 0.126 e. The van der Waals surface area contributed by atoms with Crippen LogP contribution in [0.2, 0.25) is 0 Å². The summed E-state index contributed by atoms with van der Waals surface area (Å²) < 4.78 is 0. The van der Waals surface area contributed by atoms with Crippen LogP contribution in [0.3, 0.4) is 0 Å². The Morgan fingerprint density at radius 2 is 1.73 bits per heavy atom. The molecule has 1 fully saturated rings. The molecule has 0 aromatic heterocycles. The third kappa shape index (κ3) is 3.02. The van der Waals surface area contributed by atoms with E-state index in [4.69, 9.17) is 11.6 Å². The third-order valence-electron chi connectivity index (χ3n) is 2.95. The Morgan fingerprint density at radius 3 is 2.18 bits per heavy atom. The molecule has 0 N–H and O–H groups in total. The first-order chi connectivity index (χ1) is 5.34. The van der Waals surface area contributed by atoms with E-state index in [0.717, 1.165) is 17.7 Å². The molecular weight excluding hydrogens is 156 g/mol. The molecule has 1 aliphatic rings. The van der Waals surface area contributed by atoms with E-state index in [1.165, 1.54) is 38.5 Å². The van der Waals surface area contributed by atoms with Gasteiger partial charge in [-0.15, -0.1) is 11.6 Å². The van der Waals surface area contributed by atoms with Crippen LogP contribution in [0.5, 0.6) is 0 Å². The second-order valence-electron chi connectivity index (χ2n) is 3.88. The highest BCUT2D eigenvalue weighted by atomic mass is 35.5. The van der Waals surface area contributed by atoms with Gasteiger partial charge in [0.1, 0.15) is 0 Å². The Morgan fingerprint density at radius 1 is 1.18 bits per heavy atom. The topological polar surface area (TPSA) is 0 Å². The summed E-state index contributed by atoms with van der Waals surface area (Å²) >= 11 is 5.84. The Bertz CT molecular complexity index is 93.0. The lowest BCUT2D eigenvalue weighted by molar-refractivity contribution is 0.346. The number of hydrogen-bond donors (Lipinski definition) is 0. The lowest BCUT2D eigenvalue weighted by atomic mass is 9.89. The van der Waals surface area contributed by atoms with E-state index < -0.39 is 0 Å². The van der Waals surface area contributed by atoms with Crippen molar-refractivity contribution in [3.63, 3.8) is 0 Å². The summed E-state index contributed by atoms with van der Waals surface area (Å²) in [5, 5.41) is 0. The van der Waals surface area contributed by atoms with Gasteiger partial charge in [0.25, 0.3) is 0 Å². The summed E-state index contributed by atoms with van der Waals surface area (Å²) in [4.78, 5) is 0. The summed E-state index contributed by atoms with van der Waals surface area (Å²) in [6.07, 6.45) is 8.62. The predicted molar refractivity (Wildman–Crippen MR) is 51.1 cm³/mol. The van der Waals surface area contributed by atoms with Crippen molar-refractivity contribution < 1.29 is 0 Å². The molecule has 0 radical (unpaired) electrons. The minimum Gasteiger partial charge on any atom is -0.126 e. The van der Waals surface area contributed by atoms with E-state index >= 15 is 0 Å². The molecule has 0 heterocycles. The minimum atomic E-state index is 0.745. The van der Waals surface area contributed by atoms with Crippen LogP contribution in [-0.2, 0) is 0 Å². The van der Waals surface area contributed by atoms with Crippen molar-refractivity contribution in [3.8, 4) is 0 Å². The van der Waals surface area contributed by atoms with Gasteiger partial charge in [-0.3, -0.25) is 0 Å². The van der Waals surface area contributed by atoms with Gasteiger partial charge in [0.05, 0.1) is 0 Å². The van der Waals surface area contributed by atoms with Crippen LogP contribution in [0.25, 0.3) is 0 Å². The maximum atomic E-state index is 5.84. The number of rotatable bonds is 2. The van der Waals surface area contributed by atoms with Gasteiger partial charge in [-0.1, -0.05) is 45.4 Å². The highest BCUT2D eigenvalue weighted by Crippen LogP contribution is 2.29. The summed E-state index contributed by atoms with van der Waals surface area (Å²) in [6.45, 7) is 2.29.